The Morgan fingerprint density at radius 3 is 2.83 bits per heavy atom. The molecule has 1 heterocycles. The van der Waals surface area contributed by atoms with E-state index in [1.165, 1.54) is 7.05 Å². The first-order valence-electron chi connectivity index (χ1n) is 4.94. The first-order valence-corrected chi connectivity index (χ1v) is 6.38. The van der Waals surface area contributed by atoms with Gasteiger partial charge in [0.1, 0.15) is 5.56 Å². The van der Waals surface area contributed by atoms with Crippen LogP contribution in [0.4, 0.5) is 0 Å². The number of carboxylic acid groups (broad SMARTS) is 1. The maximum Gasteiger partial charge on any atom is 0.340 e. The van der Waals surface area contributed by atoms with Crippen LogP contribution in [-0.2, 0) is 10.0 Å². The van der Waals surface area contributed by atoms with Crippen molar-refractivity contribution in [3.8, 4) is 6.07 Å². The number of aromatic carboxylic acids is 1. The first kappa shape index (κ1) is 14.1. The summed E-state index contributed by atoms with van der Waals surface area (Å²) in [4.78, 5) is 10.9. The molecular weight excluding hydrogens is 260 g/mol. The van der Waals surface area contributed by atoms with Crippen molar-refractivity contribution in [1.29, 1.82) is 5.26 Å². The van der Waals surface area contributed by atoms with E-state index in [0.29, 0.717) is 0 Å². The first-order chi connectivity index (χ1) is 8.32. The molecule has 8 nitrogen and oxygen atoms in total. The maximum absolute atomic E-state index is 12.1. The van der Waals surface area contributed by atoms with Gasteiger partial charge in [-0.2, -0.15) is 14.7 Å². The van der Waals surface area contributed by atoms with E-state index in [1.807, 2.05) is 6.07 Å². The van der Waals surface area contributed by atoms with Gasteiger partial charge >= 0.3 is 5.97 Å². The summed E-state index contributed by atoms with van der Waals surface area (Å²) in [5.41, 5.74) is -0.425. The number of carboxylic acids is 1. The standard InChI is InChI=1S/C9H12N4O4S/c1-6(3-4-10)13(2)18(16,17)8-7(9(14)15)5-11-12-8/h5-6H,3H2,1-2H3,(H,11,12)(H,14,15). The molecule has 1 aromatic heterocycles. The minimum atomic E-state index is -4.01. The number of aromatic amines is 1. The summed E-state index contributed by atoms with van der Waals surface area (Å²) in [5, 5.41) is 22.5. The highest BCUT2D eigenvalue weighted by molar-refractivity contribution is 7.89. The molecule has 1 unspecified atom stereocenters. The topological polar surface area (TPSA) is 127 Å². The van der Waals surface area contributed by atoms with Crippen LogP contribution in [0.1, 0.15) is 23.7 Å². The number of sulfonamides is 1. The number of carbonyl (C=O) groups is 1. The zero-order valence-electron chi connectivity index (χ0n) is 9.78. The summed E-state index contributed by atoms with van der Waals surface area (Å²) in [6.45, 7) is 1.55. The molecule has 0 aliphatic carbocycles. The maximum atomic E-state index is 12.1. The highest BCUT2D eigenvalue weighted by Gasteiger charge is 2.31. The van der Waals surface area contributed by atoms with Gasteiger partial charge in [-0.15, -0.1) is 0 Å². The highest BCUT2D eigenvalue weighted by atomic mass is 32.2. The normalized spacial score (nSPS) is 13.2. The van der Waals surface area contributed by atoms with Crippen molar-refractivity contribution in [2.45, 2.75) is 24.4 Å². The molecule has 1 rings (SSSR count). The van der Waals surface area contributed by atoms with E-state index in [1.54, 1.807) is 6.92 Å². The number of hydrogen-bond acceptors (Lipinski definition) is 5. The lowest BCUT2D eigenvalue weighted by Crippen LogP contribution is -2.35. The molecule has 0 aromatic carbocycles. The average Bonchev–Trinajstić information content (AvgIpc) is 2.77. The molecule has 1 atom stereocenters. The molecule has 0 aliphatic heterocycles. The number of nitrogens with one attached hydrogen (secondary N) is 1. The fraction of sp³-hybridized carbons (Fsp3) is 0.444. The van der Waals surface area contributed by atoms with Gasteiger partial charge in [-0.05, 0) is 6.92 Å². The molecule has 0 bridgehead atoms. The third kappa shape index (κ3) is 2.49. The van der Waals surface area contributed by atoms with E-state index >= 15 is 0 Å². The Morgan fingerprint density at radius 1 is 1.72 bits per heavy atom. The van der Waals surface area contributed by atoms with Gasteiger partial charge in [0.2, 0.25) is 0 Å². The predicted octanol–water partition coefficient (Wildman–Crippen LogP) is 0.0306. The summed E-state index contributed by atoms with van der Waals surface area (Å²) in [5.74, 6) is -1.39. The summed E-state index contributed by atoms with van der Waals surface area (Å²) >= 11 is 0. The molecular formula is C9H12N4O4S. The zero-order valence-corrected chi connectivity index (χ0v) is 10.6. The van der Waals surface area contributed by atoms with Crippen LogP contribution >= 0.6 is 0 Å². The lowest BCUT2D eigenvalue weighted by atomic mass is 10.3. The van der Waals surface area contributed by atoms with E-state index in [-0.39, 0.29) is 6.42 Å². The second kappa shape index (κ2) is 5.16. The lowest BCUT2D eigenvalue weighted by molar-refractivity contribution is 0.0692. The molecule has 0 spiro atoms. The van der Waals surface area contributed by atoms with Crippen molar-refractivity contribution in [1.82, 2.24) is 14.5 Å². The summed E-state index contributed by atoms with van der Waals surface area (Å²) in [6, 6.07) is 1.29. The molecule has 1 aromatic rings. The quantitative estimate of drug-likeness (QED) is 0.778. The highest BCUT2D eigenvalue weighted by Crippen LogP contribution is 2.19. The van der Waals surface area contributed by atoms with Crippen LogP contribution in [0, 0.1) is 11.3 Å². The molecule has 0 saturated carbocycles. The third-order valence-electron chi connectivity index (χ3n) is 2.48. The van der Waals surface area contributed by atoms with E-state index in [4.69, 9.17) is 10.4 Å². The predicted molar refractivity (Wildman–Crippen MR) is 60.2 cm³/mol. The van der Waals surface area contributed by atoms with Gasteiger partial charge in [0, 0.05) is 13.1 Å². The Morgan fingerprint density at radius 2 is 2.33 bits per heavy atom. The van der Waals surface area contributed by atoms with Gasteiger partial charge in [0.05, 0.1) is 18.7 Å². The van der Waals surface area contributed by atoms with Crippen molar-refractivity contribution in [3.05, 3.63) is 11.8 Å². The minimum absolute atomic E-state index is 0.00622. The number of aromatic nitrogens is 2. The van der Waals surface area contributed by atoms with Crippen molar-refractivity contribution >= 4 is 16.0 Å². The molecule has 18 heavy (non-hydrogen) atoms. The largest absolute Gasteiger partial charge is 0.478 e. The number of hydrogen-bond donors (Lipinski definition) is 2. The molecule has 0 amide bonds. The molecule has 98 valence electrons. The monoisotopic (exact) mass is 272 g/mol. The van der Waals surface area contributed by atoms with Gasteiger partial charge in [-0.3, -0.25) is 5.10 Å². The third-order valence-corrected chi connectivity index (χ3v) is 4.42. The molecule has 0 fully saturated rings. The molecule has 2 N–H and O–H groups in total. The Hall–Kier alpha value is -1.92. The average molecular weight is 272 g/mol. The molecule has 9 heteroatoms. The van der Waals surface area contributed by atoms with E-state index in [0.717, 1.165) is 10.5 Å². The summed E-state index contributed by atoms with van der Waals surface area (Å²) in [6.07, 6.45) is 0.935. The van der Waals surface area contributed by atoms with Crippen molar-refractivity contribution < 1.29 is 18.3 Å². The second-order valence-electron chi connectivity index (χ2n) is 3.65. The van der Waals surface area contributed by atoms with Gasteiger partial charge < -0.3 is 5.11 Å². The Labute approximate surface area is 104 Å². The zero-order chi connectivity index (χ0) is 13.9. The Kier molecular flexibility index (Phi) is 4.05. The van der Waals surface area contributed by atoms with Crippen LogP contribution in [-0.4, -0.2) is 47.1 Å². The fourth-order valence-corrected chi connectivity index (χ4v) is 2.69. The van der Waals surface area contributed by atoms with Crippen LogP contribution in [0.3, 0.4) is 0 Å². The number of nitriles is 1. The lowest BCUT2D eigenvalue weighted by Gasteiger charge is -2.21. The SMILES string of the molecule is CC(CC#N)N(C)S(=O)(=O)c1[nH]ncc1C(=O)O. The molecule has 0 radical (unpaired) electrons. The smallest absolute Gasteiger partial charge is 0.340 e. The van der Waals surface area contributed by atoms with Gasteiger partial charge in [-0.25, -0.2) is 13.2 Å². The van der Waals surface area contributed by atoms with Crippen LogP contribution in [0.15, 0.2) is 11.2 Å². The fourth-order valence-electron chi connectivity index (χ4n) is 1.26. The van der Waals surface area contributed by atoms with Gasteiger partial charge in [0.25, 0.3) is 10.0 Å². The van der Waals surface area contributed by atoms with Gasteiger partial charge in [0.15, 0.2) is 5.03 Å². The molecule has 0 saturated heterocycles. The number of H-pyrrole nitrogens is 1. The number of rotatable bonds is 5. The van der Waals surface area contributed by atoms with Crippen molar-refractivity contribution in [2.75, 3.05) is 7.05 Å². The van der Waals surface area contributed by atoms with Crippen LogP contribution in [0.5, 0.6) is 0 Å². The summed E-state index contributed by atoms with van der Waals surface area (Å²) < 4.78 is 25.2. The van der Waals surface area contributed by atoms with Crippen molar-refractivity contribution in [3.63, 3.8) is 0 Å². The van der Waals surface area contributed by atoms with Crippen LogP contribution < -0.4 is 0 Å². The van der Waals surface area contributed by atoms with Crippen LogP contribution in [0.2, 0.25) is 0 Å². The second-order valence-corrected chi connectivity index (χ2v) is 5.58. The van der Waals surface area contributed by atoms with E-state index in [9.17, 15) is 13.2 Å². The molecule has 0 aliphatic rings. The van der Waals surface area contributed by atoms with Gasteiger partial charge in [-0.1, -0.05) is 0 Å². The summed E-state index contributed by atoms with van der Waals surface area (Å²) in [7, 11) is -2.73. The van der Waals surface area contributed by atoms with Crippen molar-refractivity contribution in [2.24, 2.45) is 0 Å². The number of nitrogens with zero attached hydrogens (tertiary/aromatic N) is 3. The van der Waals surface area contributed by atoms with E-state index < -0.39 is 32.6 Å². The van der Waals surface area contributed by atoms with E-state index in [2.05, 4.69) is 10.2 Å². The van der Waals surface area contributed by atoms with Crippen LogP contribution in [0.25, 0.3) is 0 Å². The Bertz CT molecular complexity index is 586. The Balaban J connectivity index is 3.18. The minimum Gasteiger partial charge on any atom is -0.478 e.